The molecule has 0 fully saturated rings. The van der Waals surface area contributed by atoms with E-state index < -0.39 is 36.9 Å². The molecule has 6 heteroatoms. The zero-order chi connectivity index (χ0) is 36.0. The van der Waals surface area contributed by atoms with Crippen molar-refractivity contribution in [3.63, 3.8) is 0 Å². The Balaban J connectivity index is 3.81. The largest absolute Gasteiger partial charge is 0.394 e. The molecule has 0 aliphatic rings. The summed E-state index contributed by atoms with van der Waals surface area (Å²) in [6.45, 7) is 3.99. The van der Waals surface area contributed by atoms with Crippen molar-refractivity contribution in [2.45, 2.75) is 224 Å². The second-order valence-corrected chi connectivity index (χ2v) is 14.3. The van der Waals surface area contributed by atoms with Gasteiger partial charge in [-0.2, -0.15) is 0 Å². The smallest absolute Gasteiger partial charge is 0.249 e. The number of hydrogen-bond donors (Lipinski definition) is 5. The molecule has 5 N–H and O–H groups in total. The van der Waals surface area contributed by atoms with Gasteiger partial charge in [0, 0.05) is 0 Å². The molecule has 1 amide bonds. The molecule has 0 radical (unpaired) electrons. The van der Waals surface area contributed by atoms with Gasteiger partial charge in [-0.05, 0) is 77.0 Å². The lowest BCUT2D eigenvalue weighted by molar-refractivity contribution is -0.132. The van der Waals surface area contributed by atoms with E-state index in [-0.39, 0.29) is 0 Å². The maximum Gasteiger partial charge on any atom is 0.249 e. The standard InChI is InChI=1S/C43H81NO5/c1-3-5-7-9-11-13-15-16-17-18-19-20-21-22-23-24-25-27-28-30-32-34-36-40(46)42(48)39(38-45)44-43(49)41(47)37-35-33-31-29-26-14-12-10-8-6-4-2/h12,14,23-24,28,30,39-42,45-48H,3-11,13,15-22,25-27,29,31-38H2,1-2H3,(H,44,49)/b14-12-,24-23+,30-28+. The van der Waals surface area contributed by atoms with Crippen molar-refractivity contribution in [2.75, 3.05) is 6.61 Å². The Bertz CT molecular complexity index is 782. The van der Waals surface area contributed by atoms with Gasteiger partial charge in [0.25, 0.3) is 0 Å². The van der Waals surface area contributed by atoms with Crippen LogP contribution in [0.1, 0.15) is 200 Å². The summed E-state index contributed by atoms with van der Waals surface area (Å²) in [7, 11) is 0. The van der Waals surface area contributed by atoms with E-state index in [1.807, 2.05) is 0 Å². The minimum absolute atomic E-state index is 0.344. The van der Waals surface area contributed by atoms with Crippen LogP contribution in [0.15, 0.2) is 36.5 Å². The van der Waals surface area contributed by atoms with Gasteiger partial charge in [0.05, 0.1) is 18.8 Å². The number of rotatable bonds is 37. The van der Waals surface area contributed by atoms with Crippen LogP contribution in [0.2, 0.25) is 0 Å². The molecule has 0 aromatic carbocycles. The predicted molar refractivity (Wildman–Crippen MR) is 210 cm³/mol. The molecule has 0 aromatic heterocycles. The van der Waals surface area contributed by atoms with Gasteiger partial charge in [-0.25, -0.2) is 0 Å². The van der Waals surface area contributed by atoms with Gasteiger partial charge in [0.15, 0.2) is 0 Å². The summed E-state index contributed by atoms with van der Waals surface area (Å²) < 4.78 is 0. The van der Waals surface area contributed by atoms with Gasteiger partial charge < -0.3 is 25.7 Å². The maximum atomic E-state index is 12.4. The van der Waals surface area contributed by atoms with Crippen molar-refractivity contribution >= 4 is 5.91 Å². The van der Waals surface area contributed by atoms with Crippen LogP contribution in [-0.2, 0) is 4.79 Å². The highest BCUT2D eigenvalue weighted by molar-refractivity contribution is 5.80. The summed E-state index contributed by atoms with van der Waals surface area (Å²) in [6.07, 6.45) is 43.3. The number of allylic oxidation sites excluding steroid dienone is 6. The number of nitrogens with one attached hydrogen (secondary N) is 1. The maximum absolute atomic E-state index is 12.4. The fourth-order valence-electron chi connectivity index (χ4n) is 6.18. The van der Waals surface area contributed by atoms with Crippen LogP contribution in [0.3, 0.4) is 0 Å². The minimum Gasteiger partial charge on any atom is -0.394 e. The average molecular weight is 692 g/mol. The average Bonchev–Trinajstić information content (AvgIpc) is 3.11. The van der Waals surface area contributed by atoms with Crippen LogP contribution in [0, 0.1) is 0 Å². The Morgan fingerprint density at radius 3 is 1.33 bits per heavy atom. The molecule has 4 unspecified atom stereocenters. The van der Waals surface area contributed by atoms with Crippen molar-refractivity contribution in [1.29, 1.82) is 0 Å². The summed E-state index contributed by atoms with van der Waals surface area (Å²) in [4.78, 5) is 12.4. The number of unbranched alkanes of at least 4 members (excludes halogenated alkanes) is 22. The number of hydrogen-bond acceptors (Lipinski definition) is 5. The lowest BCUT2D eigenvalue weighted by Crippen LogP contribution is -2.53. The molecule has 4 atom stereocenters. The van der Waals surface area contributed by atoms with Crippen molar-refractivity contribution in [2.24, 2.45) is 0 Å². The molecule has 0 heterocycles. The molecule has 0 spiro atoms. The number of aliphatic hydroxyl groups excluding tert-OH is 4. The first-order chi connectivity index (χ1) is 24.0. The van der Waals surface area contributed by atoms with Gasteiger partial charge in [-0.15, -0.1) is 0 Å². The summed E-state index contributed by atoms with van der Waals surface area (Å²) in [5.41, 5.74) is 0. The van der Waals surface area contributed by atoms with Crippen molar-refractivity contribution in [3.8, 4) is 0 Å². The third kappa shape index (κ3) is 32.2. The second kappa shape index (κ2) is 37.8. The van der Waals surface area contributed by atoms with E-state index >= 15 is 0 Å². The Labute approximate surface area is 303 Å². The molecule has 49 heavy (non-hydrogen) atoms. The van der Waals surface area contributed by atoms with E-state index in [1.165, 1.54) is 109 Å². The monoisotopic (exact) mass is 692 g/mol. The topological polar surface area (TPSA) is 110 Å². The fourth-order valence-corrected chi connectivity index (χ4v) is 6.18. The van der Waals surface area contributed by atoms with Crippen LogP contribution in [0.4, 0.5) is 0 Å². The van der Waals surface area contributed by atoms with E-state index in [0.717, 1.165) is 57.8 Å². The molecule has 0 aliphatic heterocycles. The van der Waals surface area contributed by atoms with Crippen LogP contribution in [0.25, 0.3) is 0 Å². The number of aliphatic hydroxyl groups is 4. The normalized spacial score (nSPS) is 14.7. The predicted octanol–water partition coefficient (Wildman–Crippen LogP) is 10.6. The molecule has 0 aliphatic carbocycles. The minimum atomic E-state index is -1.29. The van der Waals surface area contributed by atoms with Crippen LogP contribution < -0.4 is 5.32 Å². The van der Waals surface area contributed by atoms with Gasteiger partial charge in [-0.3, -0.25) is 4.79 Å². The van der Waals surface area contributed by atoms with Crippen molar-refractivity contribution in [3.05, 3.63) is 36.5 Å². The number of carbonyl (C=O) groups excluding carboxylic acids is 1. The van der Waals surface area contributed by atoms with E-state index in [9.17, 15) is 25.2 Å². The summed E-state index contributed by atoms with van der Waals surface area (Å²) >= 11 is 0. The van der Waals surface area contributed by atoms with Gasteiger partial charge in [-0.1, -0.05) is 159 Å². The Morgan fingerprint density at radius 1 is 0.490 bits per heavy atom. The lowest BCUT2D eigenvalue weighted by atomic mass is 10.00. The van der Waals surface area contributed by atoms with Crippen LogP contribution >= 0.6 is 0 Å². The molecule has 6 nitrogen and oxygen atoms in total. The SMILES string of the molecule is CCCCC/C=C\CCCCCCC(O)C(=O)NC(CO)C(O)C(O)CCC/C=C/CC/C=C/CCCCCCCCCCCCCCC. The highest BCUT2D eigenvalue weighted by Crippen LogP contribution is 2.14. The first kappa shape index (κ1) is 47.5. The number of carbonyl (C=O) groups is 1. The number of amides is 1. The van der Waals surface area contributed by atoms with E-state index in [2.05, 4.69) is 55.6 Å². The summed E-state index contributed by atoms with van der Waals surface area (Å²) in [5.74, 6) is -0.610. The first-order valence-electron chi connectivity index (χ1n) is 20.9. The second-order valence-electron chi connectivity index (χ2n) is 14.3. The highest BCUT2D eigenvalue weighted by atomic mass is 16.3. The third-order valence-corrected chi connectivity index (χ3v) is 9.55. The Hall–Kier alpha value is -1.47. The Morgan fingerprint density at radius 2 is 0.857 bits per heavy atom. The lowest BCUT2D eigenvalue weighted by Gasteiger charge is -2.27. The van der Waals surface area contributed by atoms with Crippen molar-refractivity contribution in [1.82, 2.24) is 5.32 Å². The fraction of sp³-hybridized carbons (Fsp3) is 0.837. The van der Waals surface area contributed by atoms with E-state index in [4.69, 9.17) is 0 Å². The molecule has 0 aromatic rings. The third-order valence-electron chi connectivity index (χ3n) is 9.55. The summed E-state index contributed by atoms with van der Waals surface area (Å²) in [5, 5.41) is 43.5. The zero-order valence-electron chi connectivity index (χ0n) is 32.2. The van der Waals surface area contributed by atoms with Crippen LogP contribution in [-0.4, -0.2) is 57.3 Å². The molecular weight excluding hydrogens is 610 g/mol. The molecule has 288 valence electrons. The van der Waals surface area contributed by atoms with E-state index in [1.54, 1.807) is 0 Å². The Kier molecular flexibility index (Phi) is 36.6. The van der Waals surface area contributed by atoms with Crippen molar-refractivity contribution < 1.29 is 25.2 Å². The molecule has 0 rings (SSSR count). The van der Waals surface area contributed by atoms with Gasteiger partial charge in [0.1, 0.15) is 12.2 Å². The van der Waals surface area contributed by atoms with Gasteiger partial charge >= 0.3 is 0 Å². The summed E-state index contributed by atoms with van der Waals surface area (Å²) in [6, 6.07) is -1.01. The van der Waals surface area contributed by atoms with Crippen LogP contribution in [0.5, 0.6) is 0 Å². The molecule has 0 saturated carbocycles. The zero-order valence-corrected chi connectivity index (χ0v) is 32.2. The molecule has 0 bridgehead atoms. The van der Waals surface area contributed by atoms with E-state index in [0.29, 0.717) is 19.3 Å². The highest BCUT2D eigenvalue weighted by Gasteiger charge is 2.28. The molecule has 0 saturated heterocycles. The van der Waals surface area contributed by atoms with Gasteiger partial charge in [0.2, 0.25) is 5.91 Å². The first-order valence-corrected chi connectivity index (χ1v) is 20.9. The molecular formula is C43H81NO5. The quantitative estimate of drug-likeness (QED) is 0.0329.